The van der Waals surface area contributed by atoms with Crippen molar-refractivity contribution < 1.29 is 14.3 Å². The summed E-state index contributed by atoms with van der Waals surface area (Å²) in [4.78, 5) is 25.0. The number of oxazole rings is 1. The van der Waals surface area contributed by atoms with E-state index in [1.165, 1.54) is 12.3 Å². The van der Waals surface area contributed by atoms with Gasteiger partial charge in [0, 0.05) is 12.1 Å². The van der Waals surface area contributed by atoms with E-state index < -0.39 is 5.97 Å². The number of halogens is 2. The fourth-order valence-corrected chi connectivity index (χ4v) is 3.64. The number of hydrogen-bond acceptors (Lipinski definition) is 8. The number of rotatable bonds is 8. The maximum Gasteiger partial charge on any atom is 0.337 e. The molecule has 9 nitrogen and oxygen atoms in total. The van der Waals surface area contributed by atoms with Gasteiger partial charge in [-0.2, -0.15) is 0 Å². The molecule has 0 aliphatic heterocycles. The van der Waals surface area contributed by atoms with Crippen molar-refractivity contribution in [2.24, 2.45) is 0 Å². The van der Waals surface area contributed by atoms with Crippen molar-refractivity contribution in [1.82, 2.24) is 15.0 Å². The highest BCUT2D eigenvalue weighted by molar-refractivity contribution is 6.35. The number of para-hydroxylation sites is 1. The minimum atomic E-state index is -1.05. The Kier molecular flexibility index (Phi) is 6.85. The average Bonchev–Trinajstić information content (AvgIpc) is 3.28. The summed E-state index contributed by atoms with van der Waals surface area (Å²) >= 11 is 12.3. The number of nitrogens with zero attached hydrogens (tertiary/aromatic N) is 3. The Labute approximate surface area is 205 Å². The molecule has 4 rings (SSSR count). The third-order valence-corrected chi connectivity index (χ3v) is 5.39. The molecule has 11 heteroatoms. The quantitative estimate of drug-likeness (QED) is 0.237. The number of nitrogens with one attached hydrogen (secondary N) is 3. The number of carbonyl (C=O) groups is 1. The Morgan fingerprint density at radius 1 is 1.09 bits per heavy atom. The summed E-state index contributed by atoms with van der Waals surface area (Å²) in [6.45, 7) is 2.02. The molecule has 2 aromatic carbocycles. The summed E-state index contributed by atoms with van der Waals surface area (Å²) in [5, 5.41) is 19.9. The Bertz CT molecular complexity index is 1360. The zero-order chi connectivity index (χ0) is 24.2. The summed E-state index contributed by atoms with van der Waals surface area (Å²) in [6.07, 6.45) is 1.51. The zero-order valence-electron chi connectivity index (χ0n) is 18.2. The molecule has 2 heterocycles. The summed E-state index contributed by atoms with van der Waals surface area (Å²) < 4.78 is 5.60. The van der Waals surface area contributed by atoms with Gasteiger partial charge in [0.2, 0.25) is 5.89 Å². The number of anilines is 4. The second-order valence-corrected chi connectivity index (χ2v) is 8.03. The lowest BCUT2D eigenvalue weighted by molar-refractivity contribution is 0.0698. The number of carboxylic acids is 1. The van der Waals surface area contributed by atoms with E-state index >= 15 is 0 Å². The van der Waals surface area contributed by atoms with Crippen LogP contribution >= 0.6 is 23.2 Å². The largest absolute Gasteiger partial charge is 0.478 e. The predicted octanol–water partition coefficient (Wildman–Crippen LogP) is 5.84. The van der Waals surface area contributed by atoms with Crippen LogP contribution in [0, 0.1) is 6.92 Å². The fourth-order valence-electron chi connectivity index (χ4n) is 3.27. The lowest BCUT2D eigenvalue weighted by atomic mass is 10.2. The van der Waals surface area contributed by atoms with Gasteiger partial charge in [-0.3, -0.25) is 0 Å². The molecular weight excluding hydrogens is 479 g/mol. The van der Waals surface area contributed by atoms with Crippen LogP contribution in [0.5, 0.6) is 0 Å². The summed E-state index contributed by atoms with van der Waals surface area (Å²) in [5.74, 6) is 0.736. The van der Waals surface area contributed by atoms with Crippen molar-refractivity contribution in [3.8, 4) is 11.5 Å². The van der Waals surface area contributed by atoms with Crippen LogP contribution in [0.3, 0.4) is 0 Å². The van der Waals surface area contributed by atoms with Gasteiger partial charge >= 0.3 is 5.97 Å². The Balaban J connectivity index is 1.62. The number of aryl methyl sites for hydroxylation is 1. The Hall–Kier alpha value is -3.82. The first-order chi connectivity index (χ1) is 16.4. The molecule has 0 spiro atoms. The molecule has 0 saturated heterocycles. The molecule has 0 saturated carbocycles. The first kappa shape index (κ1) is 23.3. The van der Waals surface area contributed by atoms with E-state index in [1.54, 1.807) is 50.4 Å². The maximum absolute atomic E-state index is 11.6. The molecule has 0 radical (unpaired) electrons. The van der Waals surface area contributed by atoms with Gasteiger partial charge in [-0.1, -0.05) is 35.3 Å². The number of aromatic nitrogens is 3. The van der Waals surface area contributed by atoms with Crippen molar-refractivity contribution in [2.45, 2.75) is 13.5 Å². The van der Waals surface area contributed by atoms with E-state index in [0.717, 1.165) is 0 Å². The smallest absolute Gasteiger partial charge is 0.337 e. The van der Waals surface area contributed by atoms with Crippen LogP contribution in [-0.4, -0.2) is 33.1 Å². The number of aromatic carboxylic acids is 1. The van der Waals surface area contributed by atoms with Gasteiger partial charge in [0.15, 0.2) is 11.6 Å². The van der Waals surface area contributed by atoms with Crippen LogP contribution in [0.15, 0.2) is 53.1 Å². The van der Waals surface area contributed by atoms with Gasteiger partial charge in [0.25, 0.3) is 0 Å². The van der Waals surface area contributed by atoms with E-state index in [9.17, 15) is 9.90 Å². The molecule has 0 atom stereocenters. The zero-order valence-corrected chi connectivity index (χ0v) is 19.7. The predicted molar refractivity (Wildman–Crippen MR) is 132 cm³/mol. The van der Waals surface area contributed by atoms with Crippen molar-refractivity contribution in [3.63, 3.8) is 0 Å². The topological polar surface area (TPSA) is 125 Å². The monoisotopic (exact) mass is 498 g/mol. The average molecular weight is 499 g/mol. The van der Waals surface area contributed by atoms with Crippen LogP contribution < -0.4 is 16.0 Å². The third-order valence-electron chi connectivity index (χ3n) is 4.83. The summed E-state index contributed by atoms with van der Waals surface area (Å²) in [6, 6.07) is 11.6. The number of hydrogen-bond donors (Lipinski definition) is 4. The molecule has 0 bridgehead atoms. The van der Waals surface area contributed by atoms with Gasteiger partial charge in [0.1, 0.15) is 17.8 Å². The minimum absolute atomic E-state index is 0.121. The first-order valence-corrected chi connectivity index (χ1v) is 10.9. The van der Waals surface area contributed by atoms with Gasteiger partial charge in [-0.25, -0.2) is 19.7 Å². The van der Waals surface area contributed by atoms with Gasteiger partial charge < -0.3 is 25.5 Å². The second-order valence-electron chi connectivity index (χ2n) is 7.19. The third kappa shape index (κ3) is 5.05. The van der Waals surface area contributed by atoms with Crippen LogP contribution in [0.1, 0.15) is 21.9 Å². The van der Waals surface area contributed by atoms with Crippen LogP contribution in [0.2, 0.25) is 10.0 Å². The van der Waals surface area contributed by atoms with Gasteiger partial charge in [0.05, 0.1) is 34.1 Å². The van der Waals surface area contributed by atoms with Crippen LogP contribution in [0.4, 0.5) is 23.0 Å². The van der Waals surface area contributed by atoms with Crippen molar-refractivity contribution in [1.29, 1.82) is 0 Å². The molecule has 0 amide bonds. The molecule has 0 aliphatic carbocycles. The molecule has 174 valence electrons. The fraction of sp³-hybridized carbons (Fsp3) is 0.130. The molecule has 0 unspecified atom stereocenters. The number of carboxylic acid groups (broad SMARTS) is 1. The maximum atomic E-state index is 11.6. The minimum Gasteiger partial charge on any atom is -0.478 e. The van der Waals surface area contributed by atoms with Crippen molar-refractivity contribution in [2.75, 3.05) is 23.0 Å². The second kappa shape index (κ2) is 9.98. The van der Waals surface area contributed by atoms with Crippen LogP contribution in [0.25, 0.3) is 11.5 Å². The first-order valence-electron chi connectivity index (χ1n) is 10.1. The standard InChI is InChI=1S/C23H20Cl2N6O3/c1-12-28-20(26-2)19(21(29-12)31-18-6-4-3-5-15(18)23(32)33)27-10-14-11-34-22(30-14)16-9-13(24)7-8-17(16)25/h3-9,11,27H,10H2,1-2H3,(H,32,33)(H2,26,28,29,31). The van der Waals surface area contributed by atoms with E-state index in [1.807, 2.05) is 0 Å². The lowest BCUT2D eigenvalue weighted by Crippen LogP contribution is -2.11. The molecule has 0 aliphatic rings. The SMILES string of the molecule is CNc1nc(C)nc(Nc2ccccc2C(=O)O)c1NCc1coc(-c2cc(Cl)ccc2Cl)n1. The highest BCUT2D eigenvalue weighted by Crippen LogP contribution is 2.33. The lowest BCUT2D eigenvalue weighted by Gasteiger charge is -2.17. The van der Waals surface area contributed by atoms with Gasteiger partial charge in [-0.05, 0) is 37.3 Å². The molecule has 2 aromatic heterocycles. The highest BCUT2D eigenvalue weighted by Gasteiger charge is 2.17. The highest BCUT2D eigenvalue weighted by atomic mass is 35.5. The molecule has 34 heavy (non-hydrogen) atoms. The van der Waals surface area contributed by atoms with E-state index in [-0.39, 0.29) is 12.1 Å². The Morgan fingerprint density at radius 2 is 1.85 bits per heavy atom. The summed E-state index contributed by atoms with van der Waals surface area (Å²) in [5.41, 5.74) is 2.25. The van der Waals surface area contributed by atoms with E-state index in [2.05, 4.69) is 30.9 Å². The molecule has 0 fully saturated rings. The normalized spacial score (nSPS) is 10.7. The van der Waals surface area contributed by atoms with Gasteiger partial charge in [-0.15, -0.1) is 0 Å². The summed E-state index contributed by atoms with van der Waals surface area (Å²) in [7, 11) is 1.73. The molecule has 4 aromatic rings. The van der Waals surface area contributed by atoms with Crippen LogP contribution in [-0.2, 0) is 6.54 Å². The van der Waals surface area contributed by atoms with E-state index in [0.29, 0.717) is 56.0 Å². The van der Waals surface area contributed by atoms with E-state index in [4.69, 9.17) is 27.6 Å². The van der Waals surface area contributed by atoms with Crippen molar-refractivity contribution >= 4 is 52.2 Å². The van der Waals surface area contributed by atoms with Crippen molar-refractivity contribution in [3.05, 3.63) is 75.9 Å². The molecular formula is C23H20Cl2N6O3. The number of benzene rings is 2. The molecule has 4 N–H and O–H groups in total. The Morgan fingerprint density at radius 3 is 2.62 bits per heavy atom.